The van der Waals surface area contributed by atoms with Crippen molar-refractivity contribution in [3.8, 4) is 5.75 Å². The third-order valence-corrected chi connectivity index (χ3v) is 5.62. The number of likely N-dealkylation sites (N-methyl/N-ethyl adjacent to an activating group) is 1. The molecule has 0 fully saturated rings. The van der Waals surface area contributed by atoms with E-state index in [9.17, 15) is 4.79 Å². The number of hydrogen-bond acceptors (Lipinski definition) is 4. The summed E-state index contributed by atoms with van der Waals surface area (Å²) < 4.78 is 5.37. The molecule has 0 aliphatic carbocycles. The molecule has 5 nitrogen and oxygen atoms in total. The van der Waals surface area contributed by atoms with Crippen LogP contribution >= 0.6 is 0 Å². The Kier molecular flexibility index (Phi) is 6.70. The van der Waals surface area contributed by atoms with Gasteiger partial charge in [0.25, 0.3) is 5.91 Å². The third kappa shape index (κ3) is 4.67. The molecule has 1 atom stereocenters. The molecule has 1 aliphatic rings. The molecule has 0 N–H and O–H groups in total. The van der Waals surface area contributed by atoms with E-state index in [-0.39, 0.29) is 11.9 Å². The SMILES string of the molecule is CCN(CC)CC(=O)N1N=C(c2cccc(OC)c2)CC1c1cc(C)ccc1C. The maximum atomic E-state index is 13.2. The lowest BCUT2D eigenvalue weighted by atomic mass is 9.94. The largest absolute Gasteiger partial charge is 0.497 e. The molecule has 2 aromatic rings. The molecule has 29 heavy (non-hydrogen) atoms. The number of nitrogens with zero attached hydrogens (tertiary/aromatic N) is 3. The van der Waals surface area contributed by atoms with E-state index in [0.29, 0.717) is 13.0 Å². The van der Waals surface area contributed by atoms with E-state index < -0.39 is 0 Å². The minimum Gasteiger partial charge on any atom is -0.497 e. The topological polar surface area (TPSA) is 45.1 Å². The Hall–Kier alpha value is -2.66. The molecule has 154 valence electrons. The number of ether oxygens (including phenoxy) is 1. The molecule has 0 aromatic heterocycles. The van der Waals surface area contributed by atoms with Crippen LogP contribution in [0.25, 0.3) is 0 Å². The van der Waals surface area contributed by atoms with Crippen molar-refractivity contribution in [2.75, 3.05) is 26.7 Å². The molecular weight excluding hydrogens is 362 g/mol. The summed E-state index contributed by atoms with van der Waals surface area (Å²) in [6, 6.07) is 14.2. The van der Waals surface area contributed by atoms with Crippen LogP contribution in [-0.2, 0) is 4.79 Å². The van der Waals surface area contributed by atoms with E-state index in [4.69, 9.17) is 9.84 Å². The van der Waals surface area contributed by atoms with Crippen molar-refractivity contribution in [3.63, 3.8) is 0 Å². The van der Waals surface area contributed by atoms with Crippen molar-refractivity contribution in [3.05, 3.63) is 64.7 Å². The fourth-order valence-electron chi connectivity index (χ4n) is 3.79. The second-order valence-corrected chi connectivity index (χ2v) is 7.56. The summed E-state index contributed by atoms with van der Waals surface area (Å²) in [7, 11) is 1.66. The van der Waals surface area contributed by atoms with Crippen molar-refractivity contribution in [2.45, 2.75) is 40.2 Å². The Morgan fingerprint density at radius 2 is 1.93 bits per heavy atom. The molecule has 1 unspecified atom stereocenters. The molecular formula is C24H31N3O2. The van der Waals surface area contributed by atoms with E-state index in [2.05, 4.69) is 50.8 Å². The summed E-state index contributed by atoms with van der Waals surface area (Å²) in [6.45, 7) is 10.4. The molecule has 1 heterocycles. The molecule has 3 rings (SSSR count). The Morgan fingerprint density at radius 1 is 1.17 bits per heavy atom. The summed E-state index contributed by atoms with van der Waals surface area (Å²) in [5.41, 5.74) is 5.46. The number of amides is 1. The molecule has 1 amide bonds. The van der Waals surface area contributed by atoms with Crippen LogP contribution in [0.3, 0.4) is 0 Å². The van der Waals surface area contributed by atoms with Crippen LogP contribution in [-0.4, -0.2) is 48.3 Å². The Labute approximate surface area is 174 Å². The number of carbonyl (C=O) groups is 1. The van der Waals surface area contributed by atoms with Crippen LogP contribution in [0.15, 0.2) is 47.6 Å². The monoisotopic (exact) mass is 393 g/mol. The average Bonchev–Trinajstić information content (AvgIpc) is 3.19. The molecule has 5 heteroatoms. The maximum Gasteiger partial charge on any atom is 0.257 e. The second kappa shape index (κ2) is 9.23. The number of rotatable bonds is 7. The van der Waals surface area contributed by atoms with Gasteiger partial charge in [-0.3, -0.25) is 9.69 Å². The first-order valence-corrected chi connectivity index (χ1v) is 10.3. The number of carbonyl (C=O) groups excluding carboxylic acids is 1. The highest BCUT2D eigenvalue weighted by Gasteiger charge is 2.34. The molecule has 0 saturated carbocycles. The minimum atomic E-state index is -0.0841. The highest BCUT2D eigenvalue weighted by atomic mass is 16.5. The summed E-state index contributed by atoms with van der Waals surface area (Å²) in [5.74, 6) is 0.832. The van der Waals surface area contributed by atoms with Crippen LogP contribution in [0.1, 0.15) is 48.6 Å². The van der Waals surface area contributed by atoms with E-state index in [1.54, 1.807) is 12.1 Å². The van der Waals surface area contributed by atoms with Crippen molar-refractivity contribution >= 4 is 11.6 Å². The fraction of sp³-hybridized carbons (Fsp3) is 0.417. The fourth-order valence-corrected chi connectivity index (χ4v) is 3.79. The van der Waals surface area contributed by atoms with Crippen LogP contribution < -0.4 is 4.74 Å². The zero-order valence-corrected chi connectivity index (χ0v) is 18.1. The van der Waals surface area contributed by atoms with Gasteiger partial charge < -0.3 is 4.74 Å². The number of aryl methyl sites for hydroxylation is 2. The molecule has 0 spiro atoms. The Bertz CT molecular complexity index is 903. The van der Waals surface area contributed by atoms with Gasteiger partial charge in [0.2, 0.25) is 0 Å². The van der Waals surface area contributed by atoms with Gasteiger partial charge in [-0.25, -0.2) is 5.01 Å². The van der Waals surface area contributed by atoms with Crippen LogP contribution in [0.2, 0.25) is 0 Å². The predicted octanol–water partition coefficient (Wildman–Crippen LogP) is 4.33. The third-order valence-electron chi connectivity index (χ3n) is 5.62. The first-order chi connectivity index (χ1) is 14.0. The summed E-state index contributed by atoms with van der Waals surface area (Å²) in [4.78, 5) is 15.3. The summed E-state index contributed by atoms with van der Waals surface area (Å²) >= 11 is 0. The molecule has 2 aromatic carbocycles. The quantitative estimate of drug-likeness (QED) is 0.703. The number of hydrazone groups is 1. The lowest BCUT2D eigenvalue weighted by Gasteiger charge is -2.26. The van der Waals surface area contributed by atoms with Crippen LogP contribution in [0.5, 0.6) is 5.75 Å². The van der Waals surface area contributed by atoms with E-state index in [0.717, 1.165) is 30.1 Å². The molecule has 0 saturated heterocycles. The van der Waals surface area contributed by atoms with Crippen LogP contribution in [0, 0.1) is 13.8 Å². The first-order valence-electron chi connectivity index (χ1n) is 10.3. The number of benzene rings is 2. The van der Waals surface area contributed by atoms with Crippen LogP contribution in [0.4, 0.5) is 0 Å². The van der Waals surface area contributed by atoms with Gasteiger partial charge in [0.05, 0.1) is 25.4 Å². The lowest BCUT2D eigenvalue weighted by molar-refractivity contribution is -0.134. The van der Waals surface area contributed by atoms with Gasteiger partial charge in [-0.1, -0.05) is 49.7 Å². The van der Waals surface area contributed by atoms with E-state index >= 15 is 0 Å². The van der Waals surface area contributed by atoms with Crippen molar-refractivity contribution < 1.29 is 9.53 Å². The van der Waals surface area contributed by atoms with Gasteiger partial charge in [-0.2, -0.15) is 5.10 Å². The zero-order chi connectivity index (χ0) is 21.0. The smallest absolute Gasteiger partial charge is 0.257 e. The molecule has 1 aliphatic heterocycles. The summed E-state index contributed by atoms with van der Waals surface area (Å²) in [5, 5.41) is 6.51. The van der Waals surface area contributed by atoms with Crippen molar-refractivity contribution in [2.24, 2.45) is 5.10 Å². The molecule has 0 bridgehead atoms. The number of hydrogen-bond donors (Lipinski definition) is 0. The van der Waals surface area contributed by atoms with Crippen molar-refractivity contribution in [1.29, 1.82) is 0 Å². The van der Waals surface area contributed by atoms with Gasteiger partial charge in [-0.05, 0) is 50.2 Å². The highest BCUT2D eigenvalue weighted by molar-refractivity contribution is 6.03. The van der Waals surface area contributed by atoms with Crippen molar-refractivity contribution in [1.82, 2.24) is 9.91 Å². The average molecular weight is 394 g/mol. The summed E-state index contributed by atoms with van der Waals surface area (Å²) in [6.07, 6.45) is 0.696. The first kappa shape index (κ1) is 21.1. The van der Waals surface area contributed by atoms with Gasteiger partial charge in [0, 0.05) is 12.0 Å². The highest BCUT2D eigenvalue weighted by Crippen LogP contribution is 2.35. The van der Waals surface area contributed by atoms with Gasteiger partial charge in [0.1, 0.15) is 5.75 Å². The predicted molar refractivity (Wildman–Crippen MR) is 117 cm³/mol. The zero-order valence-electron chi connectivity index (χ0n) is 18.1. The van der Waals surface area contributed by atoms with Gasteiger partial charge in [0.15, 0.2) is 0 Å². The van der Waals surface area contributed by atoms with Gasteiger partial charge in [-0.15, -0.1) is 0 Å². The Balaban J connectivity index is 1.98. The number of methoxy groups -OCH3 is 1. The molecule has 0 radical (unpaired) electrons. The lowest BCUT2D eigenvalue weighted by Crippen LogP contribution is -2.38. The second-order valence-electron chi connectivity index (χ2n) is 7.56. The van der Waals surface area contributed by atoms with E-state index in [1.165, 1.54) is 16.7 Å². The van der Waals surface area contributed by atoms with Gasteiger partial charge >= 0.3 is 0 Å². The maximum absolute atomic E-state index is 13.2. The minimum absolute atomic E-state index is 0.0394. The Morgan fingerprint density at radius 3 is 2.62 bits per heavy atom. The standard InChI is InChI=1S/C24H31N3O2/c1-6-26(7-2)16-24(28)27-23(21-13-17(3)11-12-18(21)4)15-22(25-27)19-9-8-10-20(14-19)29-5/h8-14,23H,6-7,15-16H2,1-5H3. The normalized spacial score (nSPS) is 16.3. The van der Waals surface area contributed by atoms with E-state index in [1.807, 2.05) is 24.3 Å².